The summed E-state index contributed by atoms with van der Waals surface area (Å²) in [6.07, 6.45) is 2.88. The van der Waals surface area contributed by atoms with Crippen molar-refractivity contribution in [1.82, 2.24) is 0 Å². The number of furan rings is 1. The van der Waals surface area contributed by atoms with Crippen LogP contribution in [0.3, 0.4) is 0 Å². The quantitative estimate of drug-likeness (QED) is 0.307. The van der Waals surface area contributed by atoms with Crippen molar-refractivity contribution >= 4 is 27.8 Å². The first-order valence-corrected chi connectivity index (χ1v) is 9.03. The SMILES string of the molecule is O=C(/C=C/c1ccc(COc2cccc(Br)c2)o1)c1ccc(OC(F)F)cc1. The molecule has 0 unspecified atom stereocenters. The Morgan fingerprint density at radius 3 is 2.57 bits per heavy atom. The molecule has 28 heavy (non-hydrogen) atoms. The number of carbonyl (C=O) groups excluding carboxylic acids is 1. The monoisotopic (exact) mass is 448 g/mol. The van der Waals surface area contributed by atoms with E-state index in [-0.39, 0.29) is 18.1 Å². The van der Waals surface area contributed by atoms with Crippen molar-refractivity contribution in [3.05, 3.63) is 88.3 Å². The Kier molecular flexibility index (Phi) is 6.60. The maximum absolute atomic E-state index is 12.2. The zero-order valence-electron chi connectivity index (χ0n) is 14.5. The molecule has 0 atom stereocenters. The van der Waals surface area contributed by atoms with E-state index in [0.717, 1.165) is 4.47 Å². The summed E-state index contributed by atoms with van der Waals surface area (Å²) in [5, 5.41) is 0. The molecule has 0 saturated carbocycles. The Labute approximate surface area is 168 Å². The molecule has 0 amide bonds. The Morgan fingerprint density at radius 2 is 1.86 bits per heavy atom. The van der Waals surface area contributed by atoms with Gasteiger partial charge < -0.3 is 13.9 Å². The topological polar surface area (TPSA) is 48.7 Å². The smallest absolute Gasteiger partial charge is 0.387 e. The lowest BCUT2D eigenvalue weighted by Gasteiger charge is -2.04. The molecule has 0 aliphatic heterocycles. The van der Waals surface area contributed by atoms with Gasteiger partial charge in [0.2, 0.25) is 0 Å². The van der Waals surface area contributed by atoms with E-state index in [1.54, 1.807) is 12.1 Å². The molecule has 0 aliphatic carbocycles. The third-order valence-corrected chi connectivity index (χ3v) is 4.12. The molecule has 0 spiro atoms. The van der Waals surface area contributed by atoms with E-state index in [1.165, 1.54) is 36.4 Å². The van der Waals surface area contributed by atoms with Crippen LogP contribution in [0, 0.1) is 0 Å². The normalized spacial score (nSPS) is 11.1. The first-order valence-electron chi connectivity index (χ1n) is 8.24. The number of ketones is 1. The van der Waals surface area contributed by atoms with Gasteiger partial charge in [-0.25, -0.2) is 0 Å². The van der Waals surface area contributed by atoms with Crippen molar-refractivity contribution in [2.75, 3.05) is 0 Å². The summed E-state index contributed by atoms with van der Waals surface area (Å²) in [4.78, 5) is 12.2. The van der Waals surface area contributed by atoms with Crippen LogP contribution in [-0.2, 0) is 6.61 Å². The standard InChI is InChI=1S/C21H15BrF2O4/c22-15-2-1-3-18(12-15)26-13-19-9-8-16(27-19)10-11-20(25)14-4-6-17(7-5-14)28-21(23)24/h1-12,21H,13H2/b11-10+. The number of carbonyl (C=O) groups is 1. The predicted octanol–water partition coefficient (Wildman–Crippen LogP) is 6.12. The van der Waals surface area contributed by atoms with E-state index in [2.05, 4.69) is 20.7 Å². The zero-order valence-corrected chi connectivity index (χ0v) is 16.1. The van der Waals surface area contributed by atoms with Crippen LogP contribution in [0.1, 0.15) is 21.9 Å². The van der Waals surface area contributed by atoms with E-state index < -0.39 is 6.61 Å². The number of hydrogen-bond donors (Lipinski definition) is 0. The molecule has 1 aromatic heterocycles. The van der Waals surface area contributed by atoms with Crippen molar-refractivity contribution in [2.24, 2.45) is 0 Å². The first kappa shape index (κ1) is 19.8. The van der Waals surface area contributed by atoms with Gasteiger partial charge in [-0.3, -0.25) is 4.79 Å². The van der Waals surface area contributed by atoms with Gasteiger partial charge in [-0.1, -0.05) is 22.0 Å². The van der Waals surface area contributed by atoms with E-state index in [4.69, 9.17) is 9.15 Å². The van der Waals surface area contributed by atoms with Crippen LogP contribution in [0.15, 0.2) is 75.6 Å². The Hall–Kier alpha value is -2.93. The van der Waals surface area contributed by atoms with Gasteiger partial charge >= 0.3 is 6.61 Å². The maximum Gasteiger partial charge on any atom is 0.387 e. The zero-order chi connectivity index (χ0) is 19.9. The summed E-state index contributed by atoms with van der Waals surface area (Å²) in [6.45, 7) is -2.65. The molecule has 7 heteroatoms. The molecule has 2 aromatic carbocycles. The number of hydrogen-bond acceptors (Lipinski definition) is 4. The molecule has 0 radical (unpaired) electrons. The van der Waals surface area contributed by atoms with Crippen molar-refractivity contribution in [3.8, 4) is 11.5 Å². The highest BCUT2D eigenvalue weighted by Crippen LogP contribution is 2.20. The van der Waals surface area contributed by atoms with Crippen molar-refractivity contribution in [2.45, 2.75) is 13.2 Å². The van der Waals surface area contributed by atoms with Gasteiger partial charge in [0.05, 0.1) is 0 Å². The number of ether oxygens (including phenoxy) is 2. The fourth-order valence-corrected chi connectivity index (χ4v) is 2.71. The van der Waals surface area contributed by atoms with Gasteiger partial charge in [0.15, 0.2) is 5.78 Å². The van der Waals surface area contributed by atoms with Gasteiger partial charge in [-0.2, -0.15) is 8.78 Å². The second-order valence-corrected chi connectivity index (χ2v) is 6.57. The van der Waals surface area contributed by atoms with E-state index in [0.29, 0.717) is 22.8 Å². The summed E-state index contributed by atoms with van der Waals surface area (Å²) < 4.78 is 40.7. The fraction of sp³-hybridized carbons (Fsp3) is 0.0952. The fourth-order valence-electron chi connectivity index (χ4n) is 2.33. The van der Waals surface area contributed by atoms with Gasteiger partial charge in [0, 0.05) is 10.0 Å². The Balaban J connectivity index is 1.56. The van der Waals surface area contributed by atoms with Crippen LogP contribution in [0.4, 0.5) is 8.78 Å². The average Bonchev–Trinajstić information content (AvgIpc) is 3.13. The largest absolute Gasteiger partial charge is 0.486 e. The highest BCUT2D eigenvalue weighted by atomic mass is 79.9. The van der Waals surface area contributed by atoms with Crippen LogP contribution in [-0.4, -0.2) is 12.4 Å². The molecule has 3 aromatic rings. The molecule has 0 saturated heterocycles. The molecule has 144 valence electrons. The van der Waals surface area contributed by atoms with Gasteiger partial charge in [0.25, 0.3) is 0 Å². The van der Waals surface area contributed by atoms with Crippen molar-refractivity contribution in [1.29, 1.82) is 0 Å². The minimum absolute atomic E-state index is 0.00310. The molecule has 1 heterocycles. The molecule has 0 N–H and O–H groups in total. The molecule has 0 fully saturated rings. The Bertz CT molecular complexity index is 965. The van der Waals surface area contributed by atoms with Crippen molar-refractivity contribution in [3.63, 3.8) is 0 Å². The third kappa shape index (κ3) is 5.79. The lowest BCUT2D eigenvalue weighted by atomic mass is 10.1. The molecule has 3 rings (SSSR count). The number of halogens is 3. The first-order chi connectivity index (χ1) is 13.5. The van der Waals surface area contributed by atoms with Crippen LogP contribution < -0.4 is 9.47 Å². The summed E-state index contributed by atoms with van der Waals surface area (Å²) >= 11 is 3.38. The van der Waals surface area contributed by atoms with Gasteiger partial charge in [0.1, 0.15) is 29.6 Å². The summed E-state index contributed by atoms with van der Waals surface area (Å²) in [5.74, 6) is 1.53. The maximum atomic E-state index is 12.2. The third-order valence-electron chi connectivity index (χ3n) is 3.62. The highest BCUT2D eigenvalue weighted by molar-refractivity contribution is 9.10. The van der Waals surface area contributed by atoms with E-state index in [1.807, 2.05) is 24.3 Å². The number of rotatable bonds is 8. The minimum Gasteiger partial charge on any atom is -0.486 e. The van der Waals surface area contributed by atoms with E-state index >= 15 is 0 Å². The summed E-state index contributed by atoms with van der Waals surface area (Å²) in [5.41, 5.74) is 0.350. The molecule has 0 bridgehead atoms. The number of benzene rings is 2. The molecule has 0 aliphatic rings. The van der Waals surface area contributed by atoms with Crippen molar-refractivity contribution < 1.29 is 27.5 Å². The predicted molar refractivity (Wildman–Crippen MR) is 104 cm³/mol. The minimum atomic E-state index is -2.90. The Morgan fingerprint density at radius 1 is 1.07 bits per heavy atom. The lowest BCUT2D eigenvalue weighted by Crippen LogP contribution is -2.02. The van der Waals surface area contributed by atoms with E-state index in [9.17, 15) is 13.6 Å². The lowest BCUT2D eigenvalue weighted by molar-refractivity contribution is -0.0498. The second-order valence-electron chi connectivity index (χ2n) is 5.65. The van der Waals surface area contributed by atoms with Crippen LogP contribution in [0.25, 0.3) is 6.08 Å². The van der Waals surface area contributed by atoms with Crippen LogP contribution in [0.2, 0.25) is 0 Å². The average molecular weight is 449 g/mol. The molecular weight excluding hydrogens is 434 g/mol. The number of alkyl halides is 2. The summed E-state index contributed by atoms with van der Waals surface area (Å²) in [7, 11) is 0. The second kappa shape index (κ2) is 9.32. The van der Waals surface area contributed by atoms with Crippen LogP contribution in [0.5, 0.6) is 11.5 Å². The number of allylic oxidation sites excluding steroid dienone is 1. The molecular formula is C21H15BrF2O4. The van der Waals surface area contributed by atoms with Gasteiger partial charge in [-0.05, 0) is 66.7 Å². The van der Waals surface area contributed by atoms with Gasteiger partial charge in [-0.15, -0.1) is 0 Å². The summed E-state index contributed by atoms with van der Waals surface area (Å²) in [6, 6.07) is 16.4. The highest BCUT2D eigenvalue weighted by Gasteiger charge is 2.07. The van der Waals surface area contributed by atoms with Crippen LogP contribution >= 0.6 is 15.9 Å². The molecule has 4 nitrogen and oxygen atoms in total.